The smallest absolute Gasteiger partial charge is 0.315 e. The van der Waals surface area contributed by atoms with Crippen LogP contribution < -0.4 is 10.6 Å². The van der Waals surface area contributed by atoms with Crippen LogP contribution in [0.2, 0.25) is 0 Å². The van der Waals surface area contributed by atoms with E-state index in [0.29, 0.717) is 6.54 Å². The van der Waals surface area contributed by atoms with Gasteiger partial charge in [-0.1, -0.05) is 30.3 Å². The SMILES string of the molecule is CC(O)(CNC(=O)NCc1ccn[nH]1)c1ccccc1. The van der Waals surface area contributed by atoms with Crippen molar-refractivity contribution >= 4 is 6.03 Å². The molecule has 6 nitrogen and oxygen atoms in total. The largest absolute Gasteiger partial charge is 0.384 e. The molecule has 1 atom stereocenters. The summed E-state index contributed by atoms with van der Waals surface area (Å²) in [5.41, 5.74) is 0.468. The molecule has 0 radical (unpaired) electrons. The summed E-state index contributed by atoms with van der Waals surface area (Å²) in [7, 11) is 0. The quantitative estimate of drug-likeness (QED) is 0.658. The van der Waals surface area contributed by atoms with Gasteiger partial charge >= 0.3 is 6.03 Å². The van der Waals surface area contributed by atoms with E-state index in [1.54, 1.807) is 19.2 Å². The van der Waals surface area contributed by atoms with Crippen molar-refractivity contribution in [1.29, 1.82) is 0 Å². The molecule has 1 aromatic heterocycles. The Labute approximate surface area is 117 Å². The Hall–Kier alpha value is -2.34. The van der Waals surface area contributed by atoms with Gasteiger partial charge in [-0.25, -0.2) is 4.79 Å². The number of aliphatic hydroxyl groups is 1. The Kier molecular flexibility index (Phi) is 4.37. The molecule has 4 N–H and O–H groups in total. The minimum Gasteiger partial charge on any atom is -0.384 e. The van der Waals surface area contributed by atoms with Crippen LogP contribution in [0.15, 0.2) is 42.6 Å². The third-order valence-electron chi connectivity index (χ3n) is 2.99. The number of aromatic amines is 1. The Balaban J connectivity index is 1.80. The van der Waals surface area contributed by atoms with E-state index in [4.69, 9.17) is 0 Å². The summed E-state index contributed by atoms with van der Waals surface area (Å²) in [6, 6.07) is 10.7. The van der Waals surface area contributed by atoms with Gasteiger partial charge < -0.3 is 15.7 Å². The number of nitrogens with zero attached hydrogens (tertiary/aromatic N) is 1. The molecule has 106 valence electrons. The Morgan fingerprint density at radius 3 is 2.70 bits per heavy atom. The number of carbonyl (C=O) groups is 1. The molecule has 20 heavy (non-hydrogen) atoms. The highest BCUT2D eigenvalue weighted by atomic mass is 16.3. The molecular weight excluding hydrogens is 256 g/mol. The van der Waals surface area contributed by atoms with Gasteiger partial charge in [-0.05, 0) is 18.6 Å². The van der Waals surface area contributed by atoms with Crippen LogP contribution in [0, 0.1) is 0 Å². The van der Waals surface area contributed by atoms with Crippen LogP contribution in [0.5, 0.6) is 0 Å². The molecule has 1 aromatic carbocycles. The highest BCUT2D eigenvalue weighted by Crippen LogP contribution is 2.18. The van der Waals surface area contributed by atoms with Gasteiger partial charge in [-0.3, -0.25) is 5.10 Å². The molecule has 2 amide bonds. The summed E-state index contributed by atoms with van der Waals surface area (Å²) < 4.78 is 0. The minimum absolute atomic E-state index is 0.131. The van der Waals surface area contributed by atoms with E-state index < -0.39 is 5.60 Å². The van der Waals surface area contributed by atoms with Gasteiger partial charge in [0.05, 0.1) is 18.8 Å². The van der Waals surface area contributed by atoms with Crippen LogP contribution in [-0.4, -0.2) is 27.9 Å². The number of aromatic nitrogens is 2. The maximum atomic E-state index is 11.6. The average Bonchev–Trinajstić information content (AvgIpc) is 2.97. The lowest BCUT2D eigenvalue weighted by molar-refractivity contribution is 0.0594. The van der Waals surface area contributed by atoms with Crippen molar-refractivity contribution in [2.75, 3.05) is 6.54 Å². The number of rotatable bonds is 5. The summed E-state index contributed by atoms with van der Waals surface area (Å²) in [4.78, 5) is 11.6. The van der Waals surface area contributed by atoms with E-state index in [1.165, 1.54) is 0 Å². The molecule has 0 aliphatic rings. The molecule has 0 saturated carbocycles. The lowest BCUT2D eigenvalue weighted by Gasteiger charge is -2.24. The average molecular weight is 274 g/mol. The fraction of sp³-hybridized carbons (Fsp3) is 0.286. The van der Waals surface area contributed by atoms with Crippen LogP contribution in [0.3, 0.4) is 0 Å². The molecule has 0 aliphatic carbocycles. The van der Waals surface area contributed by atoms with Crippen molar-refractivity contribution in [3.8, 4) is 0 Å². The normalized spacial score (nSPS) is 13.5. The maximum absolute atomic E-state index is 11.6. The lowest BCUT2D eigenvalue weighted by Crippen LogP contribution is -2.43. The van der Waals surface area contributed by atoms with Crippen LogP contribution >= 0.6 is 0 Å². The Morgan fingerprint density at radius 2 is 2.05 bits per heavy atom. The monoisotopic (exact) mass is 274 g/mol. The second-order valence-corrected chi connectivity index (χ2v) is 4.76. The first-order valence-electron chi connectivity index (χ1n) is 6.36. The zero-order chi connectivity index (χ0) is 14.4. The van der Waals surface area contributed by atoms with E-state index in [2.05, 4.69) is 20.8 Å². The predicted octanol–water partition coefficient (Wildman–Crippen LogP) is 1.12. The first-order chi connectivity index (χ1) is 9.58. The fourth-order valence-electron chi connectivity index (χ4n) is 1.77. The lowest BCUT2D eigenvalue weighted by atomic mass is 9.96. The van der Waals surface area contributed by atoms with E-state index in [-0.39, 0.29) is 12.6 Å². The van der Waals surface area contributed by atoms with E-state index in [9.17, 15) is 9.90 Å². The zero-order valence-electron chi connectivity index (χ0n) is 11.3. The number of hydrogen-bond donors (Lipinski definition) is 4. The molecular formula is C14H18N4O2. The molecule has 0 bridgehead atoms. The summed E-state index contributed by atoms with van der Waals surface area (Å²) >= 11 is 0. The molecule has 0 spiro atoms. The number of hydrogen-bond acceptors (Lipinski definition) is 3. The molecule has 0 saturated heterocycles. The predicted molar refractivity (Wildman–Crippen MR) is 74.8 cm³/mol. The number of nitrogens with one attached hydrogen (secondary N) is 3. The van der Waals surface area contributed by atoms with Gasteiger partial charge in [-0.2, -0.15) is 5.10 Å². The second-order valence-electron chi connectivity index (χ2n) is 4.76. The zero-order valence-corrected chi connectivity index (χ0v) is 11.3. The van der Waals surface area contributed by atoms with Crippen molar-refractivity contribution in [1.82, 2.24) is 20.8 Å². The van der Waals surface area contributed by atoms with E-state index in [0.717, 1.165) is 11.3 Å². The summed E-state index contributed by atoms with van der Waals surface area (Å²) in [6.07, 6.45) is 1.62. The summed E-state index contributed by atoms with van der Waals surface area (Å²) in [5, 5.41) is 22.2. The van der Waals surface area contributed by atoms with Crippen molar-refractivity contribution in [2.24, 2.45) is 0 Å². The number of benzene rings is 1. The van der Waals surface area contributed by atoms with Gasteiger partial charge in [0, 0.05) is 6.20 Å². The third-order valence-corrected chi connectivity index (χ3v) is 2.99. The second kappa shape index (κ2) is 6.21. The molecule has 6 heteroatoms. The van der Waals surface area contributed by atoms with Crippen molar-refractivity contribution in [2.45, 2.75) is 19.1 Å². The van der Waals surface area contributed by atoms with E-state index >= 15 is 0 Å². The number of H-pyrrole nitrogens is 1. The van der Waals surface area contributed by atoms with Crippen LogP contribution in [0.4, 0.5) is 4.79 Å². The van der Waals surface area contributed by atoms with Crippen LogP contribution in [0.1, 0.15) is 18.2 Å². The topological polar surface area (TPSA) is 90.0 Å². The Morgan fingerprint density at radius 1 is 1.30 bits per heavy atom. The van der Waals surface area contributed by atoms with Crippen LogP contribution in [-0.2, 0) is 12.1 Å². The van der Waals surface area contributed by atoms with Crippen molar-refractivity contribution in [3.05, 3.63) is 53.9 Å². The first kappa shape index (κ1) is 14.1. The molecule has 2 aromatic rings. The molecule has 0 aliphatic heterocycles. The van der Waals surface area contributed by atoms with E-state index in [1.807, 2.05) is 30.3 Å². The highest BCUT2D eigenvalue weighted by molar-refractivity contribution is 5.73. The molecule has 1 unspecified atom stereocenters. The van der Waals surface area contributed by atoms with Crippen LogP contribution in [0.25, 0.3) is 0 Å². The van der Waals surface area contributed by atoms with Gasteiger partial charge in [0.1, 0.15) is 5.60 Å². The van der Waals surface area contributed by atoms with Crippen molar-refractivity contribution in [3.63, 3.8) is 0 Å². The fourth-order valence-corrected chi connectivity index (χ4v) is 1.77. The number of amides is 2. The summed E-state index contributed by atoms with van der Waals surface area (Å²) in [6.45, 7) is 2.16. The first-order valence-corrected chi connectivity index (χ1v) is 6.36. The molecule has 0 fully saturated rings. The molecule has 1 heterocycles. The Bertz CT molecular complexity index is 538. The number of urea groups is 1. The van der Waals surface area contributed by atoms with Gasteiger partial charge in [0.2, 0.25) is 0 Å². The van der Waals surface area contributed by atoms with Crippen molar-refractivity contribution < 1.29 is 9.90 Å². The van der Waals surface area contributed by atoms with Gasteiger partial charge in [-0.15, -0.1) is 0 Å². The molecule has 2 rings (SSSR count). The highest BCUT2D eigenvalue weighted by Gasteiger charge is 2.23. The van der Waals surface area contributed by atoms with Gasteiger partial charge in [0.15, 0.2) is 0 Å². The summed E-state index contributed by atoms with van der Waals surface area (Å²) in [5.74, 6) is 0. The maximum Gasteiger partial charge on any atom is 0.315 e. The van der Waals surface area contributed by atoms with Gasteiger partial charge in [0.25, 0.3) is 0 Å². The number of carbonyl (C=O) groups excluding carboxylic acids is 1. The minimum atomic E-state index is -1.10. The third kappa shape index (κ3) is 3.83. The standard InChI is InChI=1S/C14H18N4O2/c1-14(20,11-5-3-2-4-6-11)10-16-13(19)15-9-12-7-8-17-18-12/h2-8,20H,9-10H2,1H3,(H,17,18)(H2,15,16,19).